The van der Waals surface area contributed by atoms with Gasteiger partial charge in [-0.3, -0.25) is 4.79 Å². The average molecular weight is 252 g/mol. The van der Waals surface area contributed by atoms with E-state index < -0.39 is 0 Å². The van der Waals surface area contributed by atoms with Crippen LogP contribution in [-0.4, -0.2) is 22.6 Å². The summed E-state index contributed by atoms with van der Waals surface area (Å²) in [6.45, 7) is 4.35. The molecular formula is C14H20O4. The summed E-state index contributed by atoms with van der Waals surface area (Å²) in [5, 5.41) is 19.6. The SMILES string of the molecule is CCCOc1ccc(CC(=O)CCC)c(O)c1O. The summed E-state index contributed by atoms with van der Waals surface area (Å²) in [5.41, 5.74) is 0.440. The normalized spacial score (nSPS) is 10.3. The predicted octanol–water partition coefficient (Wildman–Crippen LogP) is 2.80. The van der Waals surface area contributed by atoms with Gasteiger partial charge in [0, 0.05) is 18.4 Å². The lowest BCUT2D eigenvalue weighted by molar-refractivity contribution is -0.118. The van der Waals surface area contributed by atoms with Crippen LogP contribution in [0.1, 0.15) is 38.7 Å². The Morgan fingerprint density at radius 1 is 1.17 bits per heavy atom. The van der Waals surface area contributed by atoms with Gasteiger partial charge in [-0.15, -0.1) is 0 Å². The number of rotatable bonds is 7. The fourth-order valence-corrected chi connectivity index (χ4v) is 1.65. The molecule has 0 aromatic heterocycles. The molecule has 0 bridgehead atoms. The van der Waals surface area contributed by atoms with Crippen molar-refractivity contribution in [2.24, 2.45) is 0 Å². The summed E-state index contributed by atoms with van der Waals surface area (Å²) in [6.07, 6.45) is 2.22. The standard InChI is InChI=1S/C14H20O4/c1-3-5-11(15)9-10-6-7-12(18-8-4-2)14(17)13(10)16/h6-7,16-17H,3-5,8-9H2,1-2H3. The predicted molar refractivity (Wildman–Crippen MR) is 69.2 cm³/mol. The van der Waals surface area contributed by atoms with Crippen molar-refractivity contribution in [3.05, 3.63) is 17.7 Å². The maximum absolute atomic E-state index is 11.5. The van der Waals surface area contributed by atoms with Crippen molar-refractivity contribution in [2.45, 2.75) is 39.5 Å². The van der Waals surface area contributed by atoms with Gasteiger partial charge in [0.05, 0.1) is 6.61 Å². The molecule has 0 aliphatic heterocycles. The van der Waals surface area contributed by atoms with Gasteiger partial charge in [-0.2, -0.15) is 0 Å². The number of Topliss-reactive ketones (excluding diaryl/α,β-unsaturated/α-hetero) is 1. The highest BCUT2D eigenvalue weighted by molar-refractivity contribution is 5.82. The molecule has 0 aliphatic rings. The lowest BCUT2D eigenvalue weighted by atomic mass is 10.0. The quantitative estimate of drug-likeness (QED) is 0.732. The molecule has 0 heterocycles. The van der Waals surface area contributed by atoms with Crippen molar-refractivity contribution in [1.82, 2.24) is 0 Å². The van der Waals surface area contributed by atoms with E-state index in [2.05, 4.69) is 0 Å². The molecule has 0 aliphatic carbocycles. The number of aromatic hydroxyl groups is 2. The third kappa shape index (κ3) is 3.65. The minimum absolute atomic E-state index is 0.0504. The second-order valence-electron chi connectivity index (χ2n) is 4.23. The topological polar surface area (TPSA) is 66.8 Å². The Morgan fingerprint density at radius 3 is 2.50 bits per heavy atom. The highest BCUT2D eigenvalue weighted by atomic mass is 16.5. The van der Waals surface area contributed by atoms with E-state index in [0.717, 1.165) is 12.8 Å². The van der Waals surface area contributed by atoms with Crippen molar-refractivity contribution < 1.29 is 19.7 Å². The Hall–Kier alpha value is -1.71. The number of carbonyl (C=O) groups is 1. The van der Waals surface area contributed by atoms with E-state index in [9.17, 15) is 15.0 Å². The number of carbonyl (C=O) groups excluding carboxylic acids is 1. The molecule has 2 N–H and O–H groups in total. The van der Waals surface area contributed by atoms with Gasteiger partial charge in [0.2, 0.25) is 5.75 Å². The summed E-state index contributed by atoms with van der Waals surface area (Å²) < 4.78 is 5.28. The molecule has 1 rings (SSSR count). The Balaban J connectivity index is 2.83. The Kier molecular flexibility index (Phi) is 5.49. The van der Waals surface area contributed by atoms with Gasteiger partial charge in [-0.25, -0.2) is 0 Å². The number of hydrogen-bond donors (Lipinski definition) is 2. The first-order chi connectivity index (χ1) is 8.60. The highest BCUT2D eigenvalue weighted by Gasteiger charge is 2.14. The fourth-order valence-electron chi connectivity index (χ4n) is 1.65. The molecule has 0 saturated heterocycles. The molecule has 0 spiro atoms. The molecule has 100 valence electrons. The van der Waals surface area contributed by atoms with Crippen molar-refractivity contribution in [2.75, 3.05) is 6.61 Å². The molecule has 0 radical (unpaired) electrons. The number of ether oxygens (including phenoxy) is 1. The Labute approximate surface area is 107 Å². The van der Waals surface area contributed by atoms with Gasteiger partial charge in [0.25, 0.3) is 0 Å². The smallest absolute Gasteiger partial charge is 0.200 e. The van der Waals surface area contributed by atoms with Crippen LogP contribution in [0.3, 0.4) is 0 Å². The Bertz CT molecular complexity index is 413. The molecule has 18 heavy (non-hydrogen) atoms. The molecule has 0 fully saturated rings. The van der Waals surface area contributed by atoms with E-state index in [1.165, 1.54) is 0 Å². The number of hydrogen-bond acceptors (Lipinski definition) is 4. The van der Waals surface area contributed by atoms with Crippen LogP contribution in [0, 0.1) is 0 Å². The maximum Gasteiger partial charge on any atom is 0.200 e. The van der Waals surface area contributed by atoms with Crippen LogP contribution in [0.4, 0.5) is 0 Å². The first kappa shape index (κ1) is 14.4. The van der Waals surface area contributed by atoms with Gasteiger partial charge in [0.15, 0.2) is 11.5 Å². The van der Waals surface area contributed by atoms with Crippen molar-refractivity contribution in [3.63, 3.8) is 0 Å². The van der Waals surface area contributed by atoms with Crippen molar-refractivity contribution >= 4 is 5.78 Å². The monoisotopic (exact) mass is 252 g/mol. The summed E-state index contributed by atoms with van der Waals surface area (Å²) >= 11 is 0. The lowest BCUT2D eigenvalue weighted by Gasteiger charge is -2.11. The van der Waals surface area contributed by atoms with Crippen LogP contribution in [-0.2, 0) is 11.2 Å². The van der Waals surface area contributed by atoms with E-state index in [1.54, 1.807) is 12.1 Å². The first-order valence-corrected chi connectivity index (χ1v) is 6.28. The molecular weight excluding hydrogens is 232 g/mol. The number of ketones is 1. The zero-order valence-corrected chi connectivity index (χ0v) is 10.9. The molecule has 0 saturated carbocycles. The molecule has 0 unspecified atom stereocenters. The molecule has 1 aromatic rings. The van der Waals surface area contributed by atoms with Crippen molar-refractivity contribution in [1.29, 1.82) is 0 Å². The second kappa shape index (κ2) is 6.89. The average Bonchev–Trinajstić information content (AvgIpc) is 2.34. The van der Waals surface area contributed by atoms with E-state index in [4.69, 9.17) is 4.74 Å². The summed E-state index contributed by atoms with van der Waals surface area (Å²) in [6, 6.07) is 3.20. The number of benzene rings is 1. The van der Waals surface area contributed by atoms with Crippen LogP contribution < -0.4 is 4.74 Å². The molecule has 0 atom stereocenters. The third-order valence-corrected chi connectivity index (χ3v) is 2.58. The van der Waals surface area contributed by atoms with Gasteiger partial charge in [0.1, 0.15) is 5.78 Å². The first-order valence-electron chi connectivity index (χ1n) is 6.28. The number of phenolic OH excluding ortho intramolecular Hbond substituents is 2. The maximum atomic E-state index is 11.5. The van der Waals surface area contributed by atoms with E-state index in [1.807, 2.05) is 13.8 Å². The van der Waals surface area contributed by atoms with Crippen molar-refractivity contribution in [3.8, 4) is 17.2 Å². The largest absolute Gasteiger partial charge is 0.504 e. The molecule has 4 nitrogen and oxygen atoms in total. The zero-order valence-electron chi connectivity index (χ0n) is 10.9. The molecule has 4 heteroatoms. The molecule has 0 amide bonds. The fraction of sp³-hybridized carbons (Fsp3) is 0.500. The minimum Gasteiger partial charge on any atom is -0.504 e. The van der Waals surface area contributed by atoms with Gasteiger partial charge in [-0.05, 0) is 18.9 Å². The molecule has 1 aromatic carbocycles. The van der Waals surface area contributed by atoms with E-state index in [-0.39, 0.29) is 29.5 Å². The third-order valence-electron chi connectivity index (χ3n) is 2.58. The summed E-state index contributed by atoms with van der Waals surface area (Å²) in [5.74, 6) is -0.242. The summed E-state index contributed by atoms with van der Waals surface area (Å²) in [4.78, 5) is 11.5. The summed E-state index contributed by atoms with van der Waals surface area (Å²) in [7, 11) is 0. The van der Waals surface area contributed by atoms with Gasteiger partial charge in [-0.1, -0.05) is 19.9 Å². The number of phenols is 2. The van der Waals surface area contributed by atoms with Crippen LogP contribution in [0.25, 0.3) is 0 Å². The van der Waals surface area contributed by atoms with E-state index >= 15 is 0 Å². The Morgan fingerprint density at radius 2 is 1.89 bits per heavy atom. The van der Waals surface area contributed by atoms with Crippen LogP contribution in [0.5, 0.6) is 17.2 Å². The second-order valence-corrected chi connectivity index (χ2v) is 4.23. The van der Waals surface area contributed by atoms with Crippen LogP contribution in [0.2, 0.25) is 0 Å². The highest BCUT2D eigenvalue weighted by Crippen LogP contribution is 2.38. The lowest BCUT2D eigenvalue weighted by Crippen LogP contribution is -2.03. The van der Waals surface area contributed by atoms with Gasteiger partial charge >= 0.3 is 0 Å². The minimum atomic E-state index is -0.287. The van der Waals surface area contributed by atoms with Crippen LogP contribution >= 0.6 is 0 Å². The van der Waals surface area contributed by atoms with Gasteiger partial charge < -0.3 is 14.9 Å². The van der Waals surface area contributed by atoms with Crippen LogP contribution in [0.15, 0.2) is 12.1 Å². The van der Waals surface area contributed by atoms with E-state index in [0.29, 0.717) is 18.6 Å². The zero-order chi connectivity index (χ0) is 13.5.